The first-order valence-corrected chi connectivity index (χ1v) is 17.2. The Morgan fingerprint density at radius 3 is 1.64 bits per heavy atom. The predicted octanol–water partition coefficient (Wildman–Crippen LogP) is 3.55. The zero-order valence-corrected chi connectivity index (χ0v) is 28.8. The highest BCUT2D eigenvalue weighted by molar-refractivity contribution is 7.80. The van der Waals surface area contributed by atoms with E-state index in [1.54, 1.807) is 20.8 Å². The molecule has 44 heavy (non-hydrogen) atoms. The third-order valence-electron chi connectivity index (χ3n) is 7.80. The molecule has 0 aromatic rings. The van der Waals surface area contributed by atoms with Crippen LogP contribution in [0.1, 0.15) is 119 Å². The van der Waals surface area contributed by atoms with Gasteiger partial charge < -0.3 is 32.1 Å². The van der Waals surface area contributed by atoms with E-state index in [1.165, 1.54) is 25.7 Å². The Morgan fingerprint density at radius 1 is 0.682 bits per heavy atom. The second-order valence-electron chi connectivity index (χ2n) is 12.7. The lowest BCUT2D eigenvalue weighted by molar-refractivity contribution is -0.143. The topological polar surface area (TPSA) is 180 Å². The highest BCUT2D eigenvalue weighted by Gasteiger charge is 2.34. The van der Waals surface area contributed by atoms with Crippen molar-refractivity contribution in [3.05, 3.63) is 0 Å². The summed E-state index contributed by atoms with van der Waals surface area (Å²) < 4.78 is 0. The number of aliphatic carboxylic acids is 1. The number of thiol groups is 1. The lowest BCUT2D eigenvalue weighted by atomic mass is 9.95. The molecular formula is C32H61N5O6S. The van der Waals surface area contributed by atoms with Gasteiger partial charge in [0.15, 0.2) is 0 Å². The summed E-state index contributed by atoms with van der Waals surface area (Å²) in [5, 5.41) is 20.3. The first-order chi connectivity index (χ1) is 20.8. The molecule has 0 aliphatic heterocycles. The molecule has 11 nitrogen and oxygen atoms in total. The minimum atomic E-state index is -1.14. The van der Waals surface area contributed by atoms with Crippen molar-refractivity contribution in [2.45, 2.75) is 143 Å². The molecule has 0 aliphatic carbocycles. The number of hydrogen-bond donors (Lipinski definition) is 7. The van der Waals surface area contributed by atoms with Crippen LogP contribution in [-0.4, -0.2) is 71.2 Å². The smallest absolute Gasteiger partial charge is 0.326 e. The molecule has 7 N–H and O–H groups in total. The van der Waals surface area contributed by atoms with Crippen molar-refractivity contribution >= 4 is 42.2 Å². The van der Waals surface area contributed by atoms with Gasteiger partial charge in [0.25, 0.3) is 0 Å². The molecule has 0 aromatic heterocycles. The van der Waals surface area contributed by atoms with Crippen molar-refractivity contribution in [1.82, 2.24) is 21.3 Å². The number of unbranched alkanes of at least 4 members (excludes halogenated alkanes) is 8. The molecular weight excluding hydrogens is 582 g/mol. The number of hydrogen-bond acceptors (Lipinski definition) is 7. The molecule has 0 saturated carbocycles. The largest absolute Gasteiger partial charge is 0.480 e. The Labute approximate surface area is 270 Å². The number of carboxylic acid groups (broad SMARTS) is 1. The van der Waals surface area contributed by atoms with Gasteiger partial charge in [0.2, 0.25) is 23.6 Å². The highest BCUT2D eigenvalue weighted by Crippen LogP contribution is 2.13. The summed E-state index contributed by atoms with van der Waals surface area (Å²) in [6.45, 7) is 11.7. The van der Waals surface area contributed by atoms with Crippen LogP contribution in [0.3, 0.4) is 0 Å². The van der Waals surface area contributed by atoms with Crippen LogP contribution in [0.2, 0.25) is 0 Å². The molecule has 0 aliphatic rings. The summed E-state index contributed by atoms with van der Waals surface area (Å²) in [5.74, 6) is -3.59. The molecule has 0 spiro atoms. The zero-order chi connectivity index (χ0) is 33.7. The average Bonchev–Trinajstić information content (AvgIpc) is 2.96. The molecule has 256 valence electrons. The van der Waals surface area contributed by atoms with Crippen LogP contribution in [0.5, 0.6) is 0 Å². The van der Waals surface area contributed by atoms with Gasteiger partial charge in [0.05, 0.1) is 0 Å². The molecule has 5 atom stereocenters. The minimum Gasteiger partial charge on any atom is -0.480 e. The van der Waals surface area contributed by atoms with E-state index in [2.05, 4.69) is 33.9 Å². The normalized spacial score (nSPS) is 14.8. The average molecular weight is 644 g/mol. The molecule has 1 unspecified atom stereocenters. The van der Waals surface area contributed by atoms with Gasteiger partial charge in [-0.15, -0.1) is 0 Å². The van der Waals surface area contributed by atoms with Crippen LogP contribution in [0.4, 0.5) is 0 Å². The molecule has 0 heterocycles. The van der Waals surface area contributed by atoms with Crippen molar-refractivity contribution in [2.75, 3.05) is 12.3 Å². The number of carboxylic acids is 1. The summed E-state index contributed by atoms with van der Waals surface area (Å²) in [7, 11) is 0. The van der Waals surface area contributed by atoms with E-state index in [9.17, 15) is 29.1 Å². The summed E-state index contributed by atoms with van der Waals surface area (Å²) in [6, 6.07) is -3.98. The Bertz CT molecular complexity index is 872. The maximum Gasteiger partial charge on any atom is 0.326 e. The molecule has 0 aromatic carbocycles. The zero-order valence-electron chi connectivity index (χ0n) is 28.0. The summed E-state index contributed by atoms with van der Waals surface area (Å²) >= 11 is 4.24. The van der Waals surface area contributed by atoms with Gasteiger partial charge in [-0.25, -0.2) is 4.79 Å². The summed E-state index contributed by atoms with van der Waals surface area (Å²) in [6.07, 6.45) is 10.9. The number of rotatable bonds is 25. The number of carbonyl (C=O) groups is 5. The number of amides is 4. The van der Waals surface area contributed by atoms with Gasteiger partial charge in [0.1, 0.15) is 24.2 Å². The molecule has 0 rings (SSSR count). The van der Waals surface area contributed by atoms with Gasteiger partial charge in [-0.1, -0.05) is 92.9 Å². The van der Waals surface area contributed by atoms with Gasteiger partial charge in [-0.2, -0.15) is 12.6 Å². The fraction of sp³-hybridized carbons (Fsp3) is 0.844. The summed E-state index contributed by atoms with van der Waals surface area (Å²) in [4.78, 5) is 63.8. The standard InChI is InChI=1S/C32H61N5O6S/c1-7-23(6)28(31(41)35-24(32(42)43)19-21(2)3)37-30(40)27(22(4)5)36-29(39)25(20-44)34-26(38)17-15-13-11-9-8-10-12-14-16-18-33/h21-25,27-28,44H,7-20,33H2,1-6H3,(H,34,38)(H,35,41)(H,36,39)(H,37,40)(H,42,43)/t23?,24-,25-,27-,28-/m0/s1. The van der Waals surface area contributed by atoms with Gasteiger partial charge in [0, 0.05) is 12.2 Å². The van der Waals surface area contributed by atoms with Gasteiger partial charge in [-0.3, -0.25) is 19.2 Å². The van der Waals surface area contributed by atoms with Crippen molar-refractivity contribution in [3.8, 4) is 0 Å². The first kappa shape index (κ1) is 41.7. The lowest BCUT2D eigenvalue weighted by Gasteiger charge is -2.30. The molecule has 0 saturated heterocycles. The third-order valence-corrected chi connectivity index (χ3v) is 8.17. The van der Waals surface area contributed by atoms with Crippen LogP contribution in [-0.2, 0) is 24.0 Å². The van der Waals surface area contributed by atoms with Crippen LogP contribution in [0.15, 0.2) is 0 Å². The number of nitrogens with one attached hydrogen (secondary N) is 4. The van der Waals surface area contributed by atoms with Gasteiger partial charge >= 0.3 is 5.97 Å². The Morgan fingerprint density at radius 2 is 1.18 bits per heavy atom. The Balaban J connectivity index is 5.07. The fourth-order valence-electron chi connectivity index (χ4n) is 4.82. The fourth-order valence-corrected chi connectivity index (χ4v) is 5.07. The minimum absolute atomic E-state index is 0.0422. The quantitative estimate of drug-likeness (QED) is 0.0587. The molecule has 0 radical (unpaired) electrons. The monoisotopic (exact) mass is 643 g/mol. The van der Waals surface area contributed by atoms with Crippen LogP contribution in [0, 0.1) is 17.8 Å². The Kier molecular flexibility index (Phi) is 22.7. The van der Waals surface area contributed by atoms with Crippen molar-refractivity contribution in [3.63, 3.8) is 0 Å². The molecule has 4 amide bonds. The van der Waals surface area contributed by atoms with Crippen molar-refractivity contribution in [1.29, 1.82) is 0 Å². The van der Waals surface area contributed by atoms with Crippen LogP contribution >= 0.6 is 12.6 Å². The Hall–Kier alpha value is -2.34. The SMILES string of the molecule is CCC(C)[C@H](NC(=O)[C@@H](NC(=O)[C@H](CS)NC(=O)CCCCCCCCCCCN)C(C)C)C(=O)N[C@@H](CC(C)C)C(=O)O. The van der Waals surface area contributed by atoms with E-state index in [4.69, 9.17) is 5.73 Å². The first-order valence-electron chi connectivity index (χ1n) is 16.5. The van der Waals surface area contributed by atoms with E-state index in [0.717, 1.165) is 38.6 Å². The molecule has 0 bridgehead atoms. The van der Waals surface area contributed by atoms with Crippen LogP contribution in [0.25, 0.3) is 0 Å². The van der Waals surface area contributed by atoms with E-state index < -0.39 is 47.9 Å². The summed E-state index contributed by atoms with van der Waals surface area (Å²) in [5.41, 5.74) is 5.52. The second-order valence-corrected chi connectivity index (χ2v) is 13.0. The van der Waals surface area contributed by atoms with E-state index in [1.807, 2.05) is 20.8 Å². The molecule has 12 heteroatoms. The number of nitrogens with two attached hydrogens (primary N) is 1. The third kappa shape index (κ3) is 17.8. The lowest BCUT2D eigenvalue weighted by Crippen LogP contribution is -2.60. The molecule has 0 fully saturated rings. The van der Waals surface area contributed by atoms with Crippen molar-refractivity contribution < 1.29 is 29.1 Å². The maximum absolute atomic E-state index is 13.4. The van der Waals surface area contributed by atoms with Crippen molar-refractivity contribution in [2.24, 2.45) is 23.5 Å². The second kappa shape index (κ2) is 24.0. The van der Waals surface area contributed by atoms with E-state index >= 15 is 0 Å². The van der Waals surface area contributed by atoms with E-state index in [-0.39, 0.29) is 35.8 Å². The van der Waals surface area contributed by atoms with E-state index in [0.29, 0.717) is 12.8 Å². The maximum atomic E-state index is 13.4. The highest BCUT2D eigenvalue weighted by atomic mass is 32.1. The number of carbonyl (C=O) groups excluding carboxylic acids is 4. The van der Waals surface area contributed by atoms with Crippen LogP contribution < -0.4 is 27.0 Å². The predicted molar refractivity (Wildman–Crippen MR) is 178 cm³/mol. The van der Waals surface area contributed by atoms with Gasteiger partial charge in [-0.05, 0) is 43.6 Å².